The normalized spacial score (nSPS) is 31.6. The van der Waals surface area contributed by atoms with Crippen molar-refractivity contribution in [3.63, 3.8) is 0 Å². The van der Waals surface area contributed by atoms with Gasteiger partial charge in [0.05, 0.1) is 19.3 Å². The average molecular weight is 228 g/mol. The van der Waals surface area contributed by atoms with Crippen LogP contribution in [0.4, 0.5) is 13.2 Å². The zero-order chi connectivity index (χ0) is 11.7. The first-order valence-corrected chi connectivity index (χ1v) is 4.64. The molecule has 15 heavy (non-hydrogen) atoms. The summed E-state index contributed by atoms with van der Waals surface area (Å²) >= 11 is 0. The van der Waals surface area contributed by atoms with Gasteiger partial charge in [-0.1, -0.05) is 0 Å². The van der Waals surface area contributed by atoms with Crippen LogP contribution in [0.3, 0.4) is 0 Å². The van der Waals surface area contributed by atoms with Crippen LogP contribution >= 0.6 is 0 Å². The summed E-state index contributed by atoms with van der Waals surface area (Å²) in [7, 11) is 1.35. The van der Waals surface area contributed by atoms with Gasteiger partial charge in [0.25, 0.3) is 0 Å². The van der Waals surface area contributed by atoms with E-state index in [4.69, 9.17) is 14.2 Å². The molecule has 0 aromatic carbocycles. The van der Waals surface area contributed by atoms with E-state index < -0.39 is 24.0 Å². The van der Waals surface area contributed by atoms with Crippen LogP contribution in [-0.4, -0.2) is 38.4 Å². The van der Waals surface area contributed by atoms with Gasteiger partial charge in [-0.15, -0.1) is 0 Å². The maximum Gasteiger partial charge on any atom is 0.396 e. The average Bonchev–Trinajstić information content (AvgIpc) is 2.00. The van der Waals surface area contributed by atoms with Gasteiger partial charge < -0.3 is 14.2 Å². The molecule has 1 aliphatic heterocycles. The Morgan fingerprint density at radius 1 is 1.40 bits per heavy atom. The molecule has 1 fully saturated rings. The molecule has 1 rings (SSSR count). The predicted octanol–water partition coefficient (Wildman–Crippen LogP) is 1.96. The van der Waals surface area contributed by atoms with Crippen LogP contribution in [-0.2, 0) is 14.2 Å². The van der Waals surface area contributed by atoms with Crippen molar-refractivity contribution in [1.82, 2.24) is 0 Å². The first-order valence-electron chi connectivity index (χ1n) is 4.64. The van der Waals surface area contributed by atoms with Gasteiger partial charge in [-0.2, -0.15) is 13.2 Å². The smallest absolute Gasteiger partial charge is 0.382 e. The number of hydrogen-bond acceptors (Lipinski definition) is 3. The SMILES string of the molecule is COC[C@H]1OC(C)(C)OC[C@@H]1C(F)(F)F. The van der Waals surface area contributed by atoms with Gasteiger partial charge in [0.2, 0.25) is 0 Å². The number of halogens is 3. The number of alkyl halides is 3. The van der Waals surface area contributed by atoms with Gasteiger partial charge in [0, 0.05) is 7.11 Å². The highest BCUT2D eigenvalue weighted by atomic mass is 19.4. The van der Waals surface area contributed by atoms with Crippen LogP contribution in [0.5, 0.6) is 0 Å². The van der Waals surface area contributed by atoms with Gasteiger partial charge in [0.15, 0.2) is 5.79 Å². The summed E-state index contributed by atoms with van der Waals surface area (Å²) in [6.07, 6.45) is -5.32. The second kappa shape index (κ2) is 4.27. The van der Waals surface area contributed by atoms with E-state index >= 15 is 0 Å². The van der Waals surface area contributed by atoms with Crippen LogP contribution in [0.1, 0.15) is 13.8 Å². The highest BCUT2D eigenvalue weighted by Gasteiger charge is 2.50. The summed E-state index contributed by atoms with van der Waals surface area (Å²) in [5.41, 5.74) is 0. The van der Waals surface area contributed by atoms with Crippen LogP contribution in [0.15, 0.2) is 0 Å². The highest BCUT2D eigenvalue weighted by Crippen LogP contribution is 2.36. The Balaban J connectivity index is 2.72. The summed E-state index contributed by atoms with van der Waals surface area (Å²) in [6, 6.07) is 0. The van der Waals surface area contributed by atoms with E-state index in [-0.39, 0.29) is 13.2 Å². The Kier molecular flexibility index (Phi) is 3.63. The fourth-order valence-electron chi connectivity index (χ4n) is 1.50. The van der Waals surface area contributed by atoms with Crippen molar-refractivity contribution >= 4 is 0 Å². The third-order valence-corrected chi connectivity index (χ3v) is 2.25. The molecule has 0 radical (unpaired) electrons. The highest BCUT2D eigenvalue weighted by molar-refractivity contribution is 4.82. The maximum atomic E-state index is 12.6. The predicted molar refractivity (Wildman–Crippen MR) is 46.3 cm³/mol. The summed E-state index contributed by atoms with van der Waals surface area (Å²) in [4.78, 5) is 0. The van der Waals surface area contributed by atoms with E-state index in [1.807, 2.05) is 0 Å². The van der Waals surface area contributed by atoms with E-state index in [9.17, 15) is 13.2 Å². The lowest BCUT2D eigenvalue weighted by Crippen LogP contribution is -2.52. The Hall–Kier alpha value is -0.330. The Morgan fingerprint density at radius 3 is 2.47 bits per heavy atom. The van der Waals surface area contributed by atoms with Crippen molar-refractivity contribution in [1.29, 1.82) is 0 Å². The lowest BCUT2D eigenvalue weighted by Gasteiger charge is -2.41. The molecule has 1 saturated heterocycles. The van der Waals surface area contributed by atoms with Crippen molar-refractivity contribution in [2.75, 3.05) is 20.3 Å². The fraction of sp³-hybridized carbons (Fsp3) is 1.00. The molecule has 0 aromatic rings. The maximum absolute atomic E-state index is 12.6. The molecule has 0 spiro atoms. The standard InChI is InChI=1S/C9H15F3O3/c1-8(2)14-4-6(9(10,11)12)7(15-8)5-13-3/h6-7H,4-5H2,1-3H3/t6-,7+/m0/s1. The van der Waals surface area contributed by atoms with Gasteiger partial charge in [-0.05, 0) is 13.8 Å². The summed E-state index contributed by atoms with van der Waals surface area (Å²) < 4.78 is 52.5. The minimum Gasteiger partial charge on any atom is -0.382 e. The molecule has 3 nitrogen and oxygen atoms in total. The third kappa shape index (κ3) is 3.32. The Labute approximate surface area is 86.5 Å². The van der Waals surface area contributed by atoms with Crippen LogP contribution in [0.2, 0.25) is 0 Å². The Morgan fingerprint density at radius 2 is 2.00 bits per heavy atom. The van der Waals surface area contributed by atoms with Gasteiger partial charge in [0.1, 0.15) is 5.92 Å². The van der Waals surface area contributed by atoms with Crippen LogP contribution < -0.4 is 0 Å². The molecular weight excluding hydrogens is 213 g/mol. The number of methoxy groups -OCH3 is 1. The topological polar surface area (TPSA) is 27.7 Å². The Bertz CT molecular complexity index is 215. The monoisotopic (exact) mass is 228 g/mol. The number of ether oxygens (including phenoxy) is 3. The van der Waals surface area contributed by atoms with Crippen molar-refractivity contribution in [3.8, 4) is 0 Å². The van der Waals surface area contributed by atoms with Crippen LogP contribution in [0.25, 0.3) is 0 Å². The zero-order valence-corrected chi connectivity index (χ0v) is 8.93. The zero-order valence-electron chi connectivity index (χ0n) is 8.93. The lowest BCUT2D eigenvalue weighted by atomic mass is 10.0. The molecule has 2 atom stereocenters. The molecular formula is C9H15F3O3. The molecule has 0 bridgehead atoms. The second-order valence-electron chi connectivity index (χ2n) is 3.97. The summed E-state index contributed by atoms with van der Waals surface area (Å²) in [6.45, 7) is 2.70. The van der Waals surface area contributed by atoms with E-state index in [1.54, 1.807) is 13.8 Å². The molecule has 0 unspecified atom stereocenters. The molecule has 90 valence electrons. The van der Waals surface area contributed by atoms with E-state index in [0.29, 0.717) is 0 Å². The van der Waals surface area contributed by atoms with Gasteiger partial charge in [-0.3, -0.25) is 0 Å². The summed E-state index contributed by atoms with van der Waals surface area (Å²) in [5, 5.41) is 0. The van der Waals surface area contributed by atoms with Crippen molar-refractivity contribution in [3.05, 3.63) is 0 Å². The lowest BCUT2D eigenvalue weighted by molar-refractivity contribution is -0.341. The van der Waals surface area contributed by atoms with E-state index in [0.717, 1.165) is 0 Å². The first-order chi connectivity index (χ1) is 6.76. The van der Waals surface area contributed by atoms with Crippen molar-refractivity contribution in [2.24, 2.45) is 5.92 Å². The third-order valence-electron chi connectivity index (χ3n) is 2.25. The van der Waals surface area contributed by atoms with E-state index in [2.05, 4.69) is 0 Å². The molecule has 0 aliphatic carbocycles. The van der Waals surface area contributed by atoms with Crippen LogP contribution in [0, 0.1) is 5.92 Å². The van der Waals surface area contributed by atoms with Crippen molar-refractivity contribution in [2.45, 2.75) is 31.9 Å². The quantitative estimate of drug-likeness (QED) is 0.723. The molecule has 1 aliphatic rings. The molecule has 0 saturated carbocycles. The molecule has 0 aromatic heterocycles. The van der Waals surface area contributed by atoms with Gasteiger partial charge in [-0.25, -0.2) is 0 Å². The first kappa shape index (κ1) is 12.7. The molecule has 6 heteroatoms. The minimum absolute atomic E-state index is 0.0863. The van der Waals surface area contributed by atoms with Crippen molar-refractivity contribution < 1.29 is 27.4 Å². The number of hydrogen-bond donors (Lipinski definition) is 0. The molecule has 0 N–H and O–H groups in total. The second-order valence-corrected chi connectivity index (χ2v) is 3.97. The largest absolute Gasteiger partial charge is 0.396 e. The number of rotatable bonds is 2. The molecule has 1 heterocycles. The molecule has 0 amide bonds. The summed E-state index contributed by atoms with van der Waals surface area (Å²) in [5.74, 6) is -2.60. The minimum atomic E-state index is -4.32. The van der Waals surface area contributed by atoms with E-state index in [1.165, 1.54) is 7.11 Å². The van der Waals surface area contributed by atoms with Gasteiger partial charge >= 0.3 is 6.18 Å². The fourth-order valence-corrected chi connectivity index (χ4v) is 1.50.